The Morgan fingerprint density at radius 1 is 1.05 bits per heavy atom. The Balaban J connectivity index is 1.70. The lowest BCUT2D eigenvalue weighted by Crippen LogP contribution is -2.53. The van der Waals surface area contributed by atoms with Crippen LogP contribution in [0.5, 0.6) is 0 Å². The van der Waals surface area contributed by atoms with Crippen molar-refractivity contribution in [2.45, 2.75) is 43.8 Å². The minimum atomic E-state index is 0.136. The van der Waals surface area contributed by atoms with E-state index in [0.717, 1.165) is 13.2 Å². The van der Waals surface area contributed by atoms with Crippen molar-refractivity contribution in [3.8, 4) is 0 Å². The van der Waals surface area contributed by atoms with Crippen LogP contribution in [0.3, 0.4) is 0 Å². The van der Waals surface area contributed by atoms with Crippen LogP contribution in [-0.4, -0.2) is 18.8 Å². The van der Waals surface area contributed by atoms with Crippen molar-refractivity contribution in [2.24, 2.45) is 11.8 Å². The molecule has 2 nitrogen and oxygen atoms in total. The second-order valence-corrected chi connectivity index (χ2v) is 6.31. The van der Waals surface area contributed by atoms with Crippen LogP contribution in [0.4, 0.5) is 0 Å². The van der Waals surface area contributed by atoms with Gasteiger partial charge < -0.3 is 9.47 Å². The van der Waals surface area contributed by atoms with E-state index in [1.165, 1.54) is 37.7 Å². The van der Waals surface area contributed by atoms with Crippen molar-refractivity contribution in [1.82, 2.24) is 0 Å². The Kier molecular flexibility index (Phi) is 2.89. The highest BCUT2D eigenvalue weighted by Gasteiger charge is 2.56. The van der Waals surface area contributed by atoms with Gasteiger partial charge >= 0.3 is 0 Å². The van der Waals surface area contributed by atoms with Crippen LogP contribution in [0.25, 0.3) is 0 Å². The van der Waals surface area contributed by atoms with Crippen molar-refractivity contribution < 1.29 is 9.47 Å². The zero-order valence-corrected chi connectivity index (χ0v) is 11.4. The van der Waals surface area contributed by atoms with Gasteiger partial charge in [-0.15, -0.1) is 0 Å². The van der Waals surface area contributed by atoms with E-state index in [4.69, 9.17) is 9.47 Å². The molecule has 1 spiro atoms. The summed E-state index contributed by atoms with van der Waals surface area (Å²) in [6.45, 7) is 1.82. The lowest BCUT2D eigenvalue weighted by molar-refractivity contribution is -0.196. The molecule has 1 saturated carbocycles. The molecule has 0 unspecified atom stereocenters. The van der Waals surface area contributed by atoms with Crippen molar-refractivity contribution in [2.75, 3.05) is 13.2 Å². The van der Waals surface area contributed by atoms with Crippen LogP contribution in [-0.2, 0) is 9.47 Å². The number of hydrogen-bond acceptors (Lipinski definition) is 2. The zero-order chi connectivity index (χ0) is 12.7. The average Bonchev–Trinajstić information content (AvgIpc) is 2.89. The third-order valence-electron chi connectivity index (χ3n) is 5.46. The number of benzene rings is 1. The molecular weight excluding hydrogens is 236 g/mol. The Morgan fingerprint density at radius 2 is 1.95 bits per heavy atom. The maximum absolute atomic E-state index is 6.32. The summed E-state index contributed by atoms with van der Waals surface area (Å²) < 4.78 is 12.6. The first-order valence-corrected chi connectivity index (χ1v) is 7.71. The van der Waals surface area contributed by atoms with Gasteiger partial charge in [0, 0.05) is 18.4 Å². The van der Waals surface area contributed by atoms with Crippen LogP contribution in [0, 0.1) is 11.8 Å². The molecule has 2 heteroatoms. The van der Waals surface area contributed by atoms with Crippen LogP contribution in [0.1, 0.15) is 43.8 Å². The molecule has 0 N–H and O–H groups in total. The third-order valence-corrected chi connectivity index (χ3v) is 5.46. The number of hydrogen-bond donors (Lipinski definition) is 0. The molecule has 2 heterocycles. The zero-order valence-electron chi connectivity index (χ0n) is 11.4. The molecule has 3 fully saturated rings. The molecule has 0 bridgehead atoms. The van der Waals surface area contributed by atoms with E-state index >= 15 is 0 Å². The number of rotatable bonds is 1. The molecule has 2 aliphatic heterocycles. The fourth-order valence-corrected chi connectivity index (χ4v) is 4.57. The summed E-state index contributed by atoms with van der Waals surface area (Å²) in [7, 11) is 0. The first kappa shape index (κ1) is 11.9. The van der Waals surface area contributed by atoms with Gasteiger partial charge in [-0.2, -0.15) is 0 Å². The molecule has 4 rings (SSSR count). The van der Waals surface area contributed by atoms with Crippen molar-refractivity contribution >= 4 is 0 Å². The molecule has 1 aliphatic carbocycles. The molecule has 1 aromatic carbocycles. The van der Waals surface area contributed by atoms with Gasteiger partial charge in [0.25, 0.3) is 0 Å². The highest BCUT2D eigenvalue weighted by Crippen LogP contribution is 2.55. The Bertz CT molecular complexity index is 444. The summed E-state index contributed by atoms with van der Waals surface area (Å²) in [5.74, 6) is 1.20. The smallest absolute Gasteiger partial charge is 0.0880 e. The fourth-order valence-electron chi connectivity index (χ4n) is 4.57. The maximum atomic E-state index is 6.32. The molecule has 2 saturated heterocycles. The van der Waals surface area contributed by atoms with Crippen molar-refractivity contribution in [3.05, 3.63) is 35.9 Å². The molecule has 1 aromatic rings. The van der Waals surface area contributed by atoms with Gasteiger partial charge in [-0.1, -0.05) is 43.2 Å². The molecule has 0 radical (unpaired) electrons. The Hall–Kier alpha value is -0.860. The predicted octanol–water partition coefficient (Wildman–Crippen LogP) is 3.72. The second-order valence-electron chi connectivity index (χ2n) is 6.31. The summed E-state index contributed by atoms with van der Waals surface area (Å²) in [5, 5.41) is 0. The van der Waals surface area contributed by atoms with Gasteiger partial charge in [0.05, 0.1) is 18.3 Å². The average molecular weight is 258 g/mol. The minimum absolute atomic E-state index is 0.136. The van der Waals surface area contributed by atoms with Crippen molar-refractivity contribution in [3.63, 3.8) is 0 Å². The molecule has 0 amide bonds. The molecule has 4 atom stereocenters. The van der Waals surface area contributed by atoms with E-state index in [0.29, 0.717) is 11.8 Å². The largest absolute Gasteiger partial charge is 0.374 e. The molecule has 19 heavy (non-hydrogen) atoms. The highest BCUT2D eigenvalue weighted by atomic mass is 16.5. The molecule has 0 aromatic heterocycles. The van der Waals surface area contributed by atoms with Gasteiger partial charge in [0.2, 0.25) is 0 Å². The summed E-state index contributed by atoms with van der Waals surface area (Å²) >= 11 is 0. The lowest BCUT2D eigenvalue weighted by atomic mass is 9.64. The van der Waals surface area contributed by atoms with Gasteiger partial charge in [-0.05, 0) is 24.8 Å². The monoisotopic (exact) mass is 258 g/mol. The van der Waals surface area contributed by atoms with E-state index in [1.807, 2.05) is 0 Å². The first-order valence-electron chi connectivity index (χ1n) is 7.71. The highest BCUT2D eigenvalue weighted by molar-refractivity contribution is 5.21. The Morgan fingerprint density at radius 3 is 2.84 bits per heavy atom. The van der Waals surface area contributed by atoms with Gasteiger partial charge in [0.1, 0.15) is 0 Å². The quantitative estimate of drug-likeness (QED) is 0.764. The third kappa shape index (κ3) is 1.77. The van der Waals surface area contributed by atoms with Crippen molar-refractivity contribution in [1.29, 1.82) is 0 Å². The number of ether oxygens (including phenoxy) is 2. The van der Waals surface area contributed by atoms with Crippen LogP contribution < -0.4 is 0 Å². The van der Waals surface area contributed by atoms with E-state index < -0.39 is 0 Å². The van der Waals surface area contributed by atoms with E-state index in [-0.39, 0.29) is 11.7 Å². The van der Waals surface area contributed by atoms with E-state index in [1.54, 1.807) is 0 Å². The Labute approximate surface area is 115 Å². The van der Waals surface area contributed by atoms with Gasteiger partial charge in [-0.25, -0.2) is 0 Å². The first-order chi connectivity index (χ1) is 9.40. The SMILES string of the molecule is c1ccc([C@@H]2OC[C@@H]3CCO[C@@]34CCCC[C@@H]24)cc1. The van der Waals surface area contributed by atoms with E-state index in [9.17, 15) is 0 Å². The van der Waals surface area contributed by atoms with Gasteiger partial charge in [0.15, 0.2) is 0 Å². The van der Waals surface area contributed by atoms with Crippen LogP contribution in [0.15, 0.2) is 30.3 Å². The molecule has 102 valence electrons. The fraction of sp³-hybridized carbons (Fsp3) is 0.647. The van der Waals surface area contributed by atoms with Gasteiger partial charge in [-0.3, -0.25) is 0 Å². The minimum Gasteiger partial charge on any atom is -0.374 e. The predicted molar refractivity (Wildman–Crippen MR) is 73.9 cm³/mol. The summed E-state index contributed by atoms with van der Waals surface area (Å²) in [5.41, 5.74) is 1.47. The van der Waals surface area contributed by atoms with E-state index in [2.05, 4.69) is 30.3 Å². The standard InChI is InChI=1S/C17H22O2/c1-2-6-13(7-3-1)16-15-8-4-5-10-17(15)14(12-18-16)9-11-19-17/h1-3,6-7,14-16H,4-5,8-12H2/t14-,15-,16-,17-/m0/s1. The summed E-state index contributed by atoms with van der Waals surface area (Å²) in [4.78, 5) is 0. The van der Waals surface area contributed by atoms with Crippen LogP contribution >= 0.6 is 0 Å². The topological polar surface area (TPSA) is 18.5 Å². The lowest BCUT2D eigenvalue weighted by Gasteiger charge is -2.51. The van der Waals surface area contributed by atoms with Crippen LogP contribution in [0.2, 0.25) is 0 Å². The summed E-state index contributed by atoms with van der Waals surface area (Å²) in [6.07, 6.45) is 6.60. The maximum Gasteiger partial charge on any atom is 0.0880 e. The second kappa shape index (κ2) is 4.60. The normalized spacial score (nSPS) is 41.6. The molecular formula is C17H22O2. The summed E-state index contributed by atoms with van der Waals surface area (Å²) in [6, 6.07) is 10.7. The molecule has 3 aliphatic rings.